The molecule has 2 saturated carbocycles. The standard InChI is InChI=1S/C26H23BrCl2N2O5/c1-11-6-14(7-12(2)21(11)27)30-18(32)10-36-26(35)13-4-3-5-15(8-13)31-24(33)19-16-9-17(20(19)25(31)34)23(29)22(16)28/h3-8,16-17,19-20,22-23H,9-10H2,1-2H3,(H,30,32)/t16-,17-,19-,20-,22-,23+/m1/s1. The number of fused-ring (bicyclic) bond motifs is 5. The number of anilines is 2. The number of ether oxygens (including phenoxy) is 1. The van der Waals surface area contributed by atoms with Crippen molar-refractivity contribution in [1.82, 2.24) is 0 Å². The predicted molar refractivity (Wildman–Crippen MR) is 139 cm³/mol. The summed E-state index contributed by atoms with van der Waals surface area (Å²) >= 11 is 16.3. The molecule has 0 unspecified atom stereocenters. The Morgan fingerprint density at radius 3 is 2.19 bits per heavy atom. The number of carbonyl (C=O) groups is 4. The quantitative estimate of drug-likeness (QED) is 0.304. The molecule has 0 radical (unpaired) electrons. The van der Waals surface area contributed by atoms with Gasteiger partial charge in [-0.25, -0.2) is 4.79 Å². The molecule has 36 heavy (non-hydrogen) atoms. The largest absolute Gasteiger partial charge is 0.452 e. The van der Waals surface area contributed by atoms with Gasteiger partial charge in [0, 0.05) is 10.2 Å². The van der Waals surface area contributed by atoms with Crippen LogP contribution in [0.1, 0.15) is 27.9 Å². The smallest absolute Gasteiger partial charge is 0.338 e. The van der Waals surface area contributed by atoms with Gasteiger partial charge in [0.15, 0.2) is 6.61 Å². The van der Waals surface area contributed by atoms with Crippen molar-refractivity contribution in [3.63, 3.8) is 0 Å². The summed E-state index contributed by atoms with van der Waals surface area (Å²) in [5.41, 5.74) is 2.94. The van der Waals surface area contributed by atoms with Gasteiger partial charge in [0.1, 0.15) is 0 Å². The van der Waals surface area contributed by atoms with Gasteiger partial charge in [-0.3, -0.25) is 19.3 Å². The lowest BCUT2D eigenvalue weighted by Crippen LogP contribution is -2.37. The maximum absolute atomic E-state index is 13.2. The van der Waals surface area contributed by atoms with Crippen LogP contribution >= 0.6 is 39.1 Å². The highest BCUT2D eigenvalue weighted by molar-refractivity contribution is 9.10. The summed E-state index contributed by atoms with van der Waals surface area (Å²) in [5, 5.41) is 2.03. The van der Waals surface area contributed by atoms with Crippen LogP contribution in [-0.2, 0) is 19.1 Å². The van der Waals surface area contributed by atoms with Crippen LogP contribution in [0.2, 0.25) is 0 Å². The van der Waals surface area contributed by atoms with E-state index in [1.165, 1.54) is 12.1 Å². The molecule has 5 rings (SSSR count). The molecular weight excluding hydrogens is 571 g/mol. The zero-order valence-corrected chi connectivity index (χ0v) is 22.6. The summed E-state index contributed by atoms with van der Waals surface area (Å²) in [6.07, 6.45) is 0.677. The van der Waals surface area contributed by atoms with Crippen LogP contribution in [0.5, 0.6) is 0 Å². The minimum absolute atomic E-state index is 0.127. The average molecular weight is 594 g/mol. The van der Waals surface area contributed by atoms with Crippen LogP contribution in [0.3, 0.4) is 0 Å². The number of halogens is 3. The lowest BCUT2D eigenvalue weighted by Gasteiger charge is -2.28. The van der Waals surface area contributed by atoms with Gasteiger partial charge >= 0.3 is 5.97 Å². The number of hydrogen-bond acceptors (Lipinski definition) is 5. The lowest BCUT2D eigenvalue weighted by molar-refractivity contribution is -0.123. The molecule has 10 heteroatoms. The predicted octanol–water partition coefficient (Wildman–Crippen LogP) is 4.83. The van der Waals surface area contributed by atoms with Crippen molar-refractivity contribution in [3.8, 4) is 0 Å². The van der Waals surface area contributed by atoms with E-state index in [0.717, 1.165) is 20.5 Å². The Morgan fingerprint density at radius 1 is 1.03 bits per heavy atom. The molecule has 1 aliphatic heterocycles. The first kappa shape index (κ1) is 25.2. The van der Waals surface area contributed by atoms with Crippen LogP contribution in [0, 0.1) is 37.5 Å². The molecule has 2 aromatic rings. The number of nitrogens with zero attached hydrogens (tertiary/aromatic N) is 1. The maximum Gasteiger partial charge on any atom is 0.338 e. The van der Waals surface area contributed by atoms with Crippen molar-refractivity contribution >= 4 is 74.2 Å². The van der Waals surface area contributed by atoms with Gasteiger partial charge in [-0.1, -0.05) is 22.0 Å². The van der Waals surface area contributed by atoms with Crippen molar-refractivity contribution in [2.45, 2.75) is 31.0 Å². The highest BCUT2D eigenvalue weighted by Crippen LogP contribution is 2.59. The second-order valence-electron chi connectivity index (χ2n) is 9.61. The Hall–Kier alpha value is -2.42. The molecule has 2 bridgehead atoms. The minimum atomic E-state index is -0.740. The molecule has 7 nitrogen and oxygen atoms in total. The van der Waals surface area contributed by atoms with Gasteiger partial charge in [0.05, 0.1) is 33.8 Å². The number of alkyl halides is 2. The molecule has 2 aromatic carbocycles. The second-order valence-corrected chi connectivity index (χ2v) is 11.4. The lowest BCUT2D eigenvalue weighted by atomic mass is 9.80. The summed E-state index contributed by atoms with van der Waals surface area (Å²) in [7, 11) is 0. The highest BCUT2D eigenvalue weighted by Gasteiger charge is 2.66. The zero-order valence-electron chi connectivity index (χ0n) is 19.5. The first-order chi connectivity index (χ1) is 17.1. The van der Waals surface area contributed by atoms with Crippen LogP contribution in [0.15, 0.2) is 40.9 Å². The summed E-state index contributed by atoms with van der Waals surface area (Å²) in [6.45, 7) is 3.34. The first-order valence-electron chi connectivity index (χ1n) is 11.6. The Balaban J connectivity index is 1.26. The zero-order chi connectivity index (χ0) is 25.9. The molecular formula is C26H23BrCl2N2O5. The Morgan fingerprint density at radius 2 is 1.61 bits per heavy atom. The molecule has 1 heterocycles. The number of benzene rings is 2. The topological polar surface area (TPSA) is 92.8 Å². The SMILES string of the molecule is Cc1cc(NC(=O)COC(=O)c2cccc(N3C(=O)[C@@H]4[C@H]5C[C@@H]([C@@H](Cl)[C@H]5Cl)[C@H]4C3=O)c2)cc(C)c1Br. The van der Waals surface area contributed by atoms with Gasteiger partial charge in [0.25, 0.3) is 5.91 Å². The number of imide groups is 1. The second kappa shape index (κ2) is 9.47. The molecule has 1 N–H and O–H groups in total. The van der Waals surface area contributed by atoms with Gasteiger partial charge in [-0.05, 0) is 73.6 Å². The van der Waals surface area contributed by atoms with Gasteiger partial charge in [-0.2, -0.15) is 0 Å². The fraction of sp³-hybridized carbons (Fsp3) is 0.385. The molecule has 188 valence electrons. The normalized spacial score (nSPS) is 28.4. The summed E-state index contributed by atoms with van der Waals surface area (Å²) in [5.74, 6) is -3.06. The molecule has 2 aliphatic carbocycles. The molecule has 6 atom stereocenters. The van der Waals surface area contributed by atoms with Crippen molar-refractivity contribution in [2.75, 3.05) is 16.8 Å². The van der Waals surface area contributed by atoms with Crippen molar-refractivity contribution in [1.29, 1.82) is 0 Å². The number of rotatable bonds is 5. The highest BCUT2D eigenvalue weighted by atomic mass is 79.9. The Labute approximate surface area is 226 Å². The summed E-state index contributed by atoms with van der Waals surface area (Å²) in [4.78, 5) is 52.5. The Kier molecular flexibility index (Phi) is 6.64. The molecule has 0 aromatic heterocycles. The fourth-order valence-electron chi connectivity index (χ4n) is 5.80. The number of carbonyl (C=O) groups excluding carboxylic acids is 4. The third kappa shape index (κ3) is 4.13. The van der Waals surface area contributed by atoms with Crippen molar-refractivity contribution in [3.05, 3.63) is 57.6 Å². The van der Waals surface area contributed by atoms with Gasteiger partial charge in [-0.15, -0.1) is 23.2 Å². The number of esters is 1. The summed E-state index contributed by atoms with van der Waals surface area (Å²) < 4.78 is 6.14. The van der Waals surface area contributed by atoms with Gasteiger partial charge < -0.3 is 10.1 Å². The van der Waals surface area contributed by atoms with E-state index in [0.29, 0.717) is 12.1 Å². The van der Waals surface area contributed by atoms with E-state index in [1.54, 1.807) is 12.1 Å². The third-order valence-electron chi connectivity index (χ3n) is 7.38. The van der Waals surface area contributed by atoms with Gasteiger partial charge in [0.2, 0.25) is 11.8 Å². The fourth-order valence-corrected chi connectivity index (χ4v) is 6.93. The van der Waals surface area contributed by atoms with E-state index in [2.05, 4.69) is 21.2 Å². The molecule has 1 saturated heterocycles. The number of hydrogen-bond donors (Lipinski definition) is 1. The third-order valence-corrected chi connectivity index (χ3v) is 9.95. The Bertz CT molecular complexity index is 1250. The van der Waals surface area contributed by atoms with Crippen LogP contribution in [-0.4, -0.2) is 41.1 Å². The number of nitrogens with one attached hydrogen (secondary N) is 1. The van der Waals surface area contributed by atoms with E-state index >= 15 is 0 Å². The van der Waals surface area contributed by atoms with Crippen LogP contribution < -0.4 is 10.2 Å². The van der Waals surface area contributed by atoms with E-state index in [1.807, 2.05) is 26.0 Å². The summed E-state index contributed by atoms with van der Waals surface area (Å²) in [6, 6.07) is 9.71. The van der Waals surface area contributed by atoms with Crippen molar-refractivity contribution in [2.24, 2.45) is 23.7 Å². The van der Waals surface area contributed by atoms with Crippen LogP contribution in [0.4, 0.5) is 11.4 Å². The monoisotopic (exact) mass is 592 g/mol. The molecule has 3 amide bonds. The molecule has 3 aliphatic rings. The number of aryl methyl sites for hydroxylation is 2. The van der Waals surface area contributed by atoms with Crippen LogP contribution in [0.25, 0.3) is 0 Å². The minimum Gasteiger partial charge on any atom is -0.452 e. The molecule has 3 fully saturated rings. The number of amides is 3. The molecule has 0 spiro atoms. The first-order valence-corrected chi connectivity index (χ1v) is 13.2. The van der Waals surface area contributed by atoms with E-state index < -0.39 is 30.3 Å². The average Bonchev–Trinajstić information content (AvgIpc) is 3.45. The van der Waals surface area contributed by atoms with Crippen molar-refractivity contribution < 1.29 is 23.9 Å². The van der Waals surface area contributed by atoms with E-state index in [9.17, 15) is 19.2 Å². The van der Waals surface area contributed by atoms with E-state index in [-0.39, 0.29) is 45.7 Å². The maximum atomic E-state index is 13.2. The van der Waals surface area contributed by atoms with E-state index in [4.69, 9.17) is 27.9 Å².